The van der Waals surface area contributed by atoms with Gasteiger partial charge in [-0.1, -0.05) is 0 Å². The zero-order valence-corrected chi connectivity index (χ0v) is 16.0. The van der Waals surface area contributed by atoms with Gasteiger partial charge in [-0.2, -0.15) is 0 Å². The second kappa shape index (κ2) is 9.08. The number of benzene rings is 1. The number of amides is 1. The van der Waals surface area contributed by atoms with Crippen LogP contribution in [0.2, 0.25) is 0 Å². The molecular weight excluding hydrogens is 360 g/mol. The summed E-state index contributed by atoms with van der Waals surface area (Å²) < 4.78 is 11.2. The summed E-state index contributed by atoms with van der Waals surface area (Å²) in [6.45, 7) is 4.40. The average molecular weight is 383 g/mol. The molecular formula is C18H23ClN2O3S. The fourth-order valence-corrected chi connectivity index (χ4v) is 3.50. The van der Waals surface area contributed by atoms with Gasteiger partial charge in [-0.3, -0.25) is 4.79 Å². The smallest absolute Gasteiger partial charge is 0.228 e. The molecule has 1 aliphatic rings. The molecule has 0 atom stereocenters. The molecule has 1 N–H and O–H groups in total. The fraction of sp³-hybridized carbons (Fsp3) is 0.389. The van der Waals surface area contributed by atoms with E-state index >= 15 is 0 Å². The molecule has 5 nitrogen and oxygen atoms in total. The lowest BCUT2D eigenvalue weighted by Crippen LogP contribution is -2.32. The number of thiophene rings is 1. The Labute approximate surface area is 158 Å². The number of carbonyl (C=O) groups is 1. The SMILES string of the molecule is CNCCC(=O)N(Cc1ccc(C)s1)c1ccc2c(c1)OCCO2.Cl. The van der Waals surface area contributed by atoms with Crippen LogP contribution in [0.4, 0.5) is 5.69 Å². The normalized spacial score (nSPS) is 12.4. The highest BCUT2D eigenvalue weighted by molar-refractivity contribution is 7.11. The number of fused-ring (bicyclic) bond motifs is 1. The number of hydrogen-bond donors (Lipinski definition) is 1. The molecule has 1 aliphatic heterocycles. The summed E-state index contributed by atoms with van der Waals surface area (Å²) in [6, 6.07) is 9.86. The van der Waals surface area contributed by atoms with E-state index in [9.17, 15) is 4.79 Å². The van der Waals surface area contributed by atoms with Crippen molar-refractivity contribution in [2.24, 2.45) is 0 Å². The molecule has 2 heterocycles. The minimum absolute atomic E-state index is 0. The number of anilines is 1. The van der Waals surface area contributed by atoms with E-state index in [1.807, 2.05) is 30.1 Å². The Morgan fingerprint density at radius 3 is 2.64 bits per heavy atom. The Balaban J connectivity index is 0.00000225. The highest BCUT2D eigenvalue weighted by atomic mass is 35.5. The van der Waals surface area contributed by atoms with Crippen molar-refractivity contribution in [2.75, 3.05) is 31.7 Å². The third-order valence-corrected chi connectivity index (χ3v) is 4.82. The van der Waals surface area contributed by atoms with Gasteiger partial charge in [0.2, 0.25) is 5.91 Å². The molecule has 2 aromatic rings. The highest BCUT2D eigenvalue weighted by Gasteiger charge is 2.20. The number of nitrogens with one attached hydrogen (secondary N) is 1. The van der Waals surface area contributed by atoms with Crippen molar-refractivity contribution in [1.29, 1.82) is 0 Å². The summed E-state index contributed by atoms with van der Waals surface area (Å²) in [6.07, 6.45) is 0.454. The van der Waals surface area contributed by atoms with Gasteiger partial charge in [-0.15, -0.1) is 23.7 Å². The quantitative estimate of drug-likeness (QED) is 0.832. The van der Waals surface area contributed by atoms with Crippen LogP contribution in [0, 0.1) is 6.92 Å². The lowest BCUT2D eigenvalue weighted by molar-refractivity contribution is -0.118. The molecule has 0 spiro atoms. The highest BCUT2D eigenvalue weighted by Crippen LogP contribution is 2.35. The lowest BCUT2D eigenvalue weighted by atomic mass is 10.2. The van der Waals surface area contributed by atoms with E-state index in [0.717, 1.165) is 11.4 Å². The number of carbonyl (C=O) groups excluding carboxylic acids is 1. The zero-order valence-electron chi connectivity index (χ0n) is 14.4. The largest absolute Gasteiger partial charge is 0.486 e. The number of hydrogen-bond acceptors (Lipinski definition) is 5. The van der Waals surface area contributed by atoms with Crippen LogP contribution in [0.15, 0.2) is 30.3 Å². The maximum Gasteiger partial charge on any atom is 0.228 e. The van der Waals surface area contributed by atoms with E-state index in [-0.39, 0.29) is 18.3 Å². The van der Waals surface area contributed by atoms with Gasteiger partial charge in [0.1, 0.15) is 13.2 Å². The molecule has 0 radical (unpaired) electrons. The van der Waals surface area contributed by atoms with Crippen LogP contribution < -0.4 is 19.7 Å². The first-order valence-corrected chi connectivity index (χ1v) is 8.89. The van der Waals surface area contributed by atoms with Crippen LogP contribution in [0.25, 0.3) is 0 Å². The number of nitrogens with zero attached hydrogens (tertiary/aromatic N) is 1. The van der Waals surface area contributed by atoms with Crippen LogP contribution in [0.5, 0.6) is 11.5 Å². The molecule has 1 aromatic heterocycles. The van der Waals surface area contributed by atoms with Gasteiger partial charge in [0.05, 0.1) is 6.54 Å². The van der Waals surface area contributed by atoms with Crippen LogP contribution in [-0.2, 0) is 11.3 Å². The van der Waals surface area contributed by atoms with Crippen molar-refractivity contribution in [2.45, 2.75) is 19.9 Å². The van der Waals surface area contributed by atoms with E-state index in [0.29, 0.717) is 38.5 Å². The Hall–Kier alpha value is -1.76. The second-order valence-corrected chi connectivity index (χ2v) is 7.05. The minimum atomic E-state index is 0. The number of rotatable bonds is 6. The topological polar surface area (TPSA) is 50.8 Å². The average Bonchev–Trinajstić information content (AvgIpc) is 3.02. The maximum absolute atomic E-state index is 12.7. The fourth-order valence-electron chi connectivity index (χ4n) is 2.62. The van der Waals surface area contributed by atoms with Gasteiger partial charge in [0.25, 0.3) is 0 Å². The van der Waals surface area contributed by atoms with Crippen LogP contribution >= 0.6 is 23.7 Å². The first kappa shape index (κ1) is 19.6. The van der Waals surface area contributed by atoms with E-state index in [1.165, 1.54) is 9.75 Å². The van der Waals surface area contributed by atoms with E-state index in [1.54, 1.807) is 11.3 Å². The predicted octanol–water partition coefficient (Wildman–Crippen LogP) is 3.39. The zero-order chi connectivity index (χ0) is 16.9. The molecule has 136 valence electrons. The van der Waals surface area contributed by atoms with Crippen molar-refractivity contribution < 1.29 is 14.3 Å². The lowest BCUT2D eigenvalue weighted by Gasteiger charge is -2.25. The summed E-state index contributed by atoms with van der Waals surface area (Å²) in [5.74, 6) is 1.53. The molecule has 1 aromatic carbocycles. The van der Waals surface area contributed by atoms with E-state index < -0.39 is 0 Å². The molecule has 25 heavy (non-hydrogen) atoms. The van der Waals surface area contributed by atoms with Gasteiger partial charge in [-0.25, -0.2) is 0 Å². The summed E-state index contributed by atoms with van der Waals surface area (Å²) in [5.41, 5.74) is 0.839. The molecule has 0 fully saturated rings. The van der Waals surface area contributed by atoms with E-state index in [2.05, 4.69) is 24.4 Å². The van der Waals surface area contributed by atoms with Gasteiger partial charge in [-0.05, 0) is 38.2 Å². The van der Waals surface area contributed by atoms with Crippen LogP contribution in [0.3, 0.4) is 0 Å². The molecule has 0 bridgehead atoms. The third kappa shape index (κ3) is 4.87. The summed E-state index contributed by atoms with van der Waals surface area (Å²) in [4.78, 5) is 16.9. The number of ether oxygens (including phenoxy) is 2. The molecule has 3 rings (SSSR count). The maximum atomic E-state index is 12.7. The molecule has 0 saturated carbocycles. The molecule has 0 unspecified atom stereocenters. The molecule has 0 saturated heterocycles. The second-order valence-electron chi connectivity index (χ2n) is 5.67. The Bertz CT molecular complexity index is 720. The summed E-state index contributed by atoms with van der Waals surface area (Å²) >= 11 is 1.72. The van der Waals surface area contributed by atoms with Gasteiger partial charge in [0, 0.05) is 34.5 Å². The first-order valence-electron chi connectivity index (χ1n) is 8.07. The van der Waals surface area contributed by atoms with Gasteiger partial charge in [0.15, 0.2) is 11.5 Å². The molecule has 7 heteroatoms. The minimum Gasteiger partial charge on any atom is -0.486 e. The summed E-state index contributed by atoms with van der Waals surface area (Å²) in [7, 11) is 1.85. The Morgan fingerprint density at radius 2 is 1.96 bits per heavy atom. The third-order valence-electron chi connectivity index (χ3n) is 3.84. The Morgan fingerprint density at radius 1 is 1.20 bits per heavy atom. The monoisotopic (exact) mass is 382 g/mol. The van der Waals surface area contributed by atoms with E-state index in [4.69, 9.17) is 9.47 Å². The first-order chi connectivity index (χ1) is 11.7. The van der Waals surface area contributed by atoms with Crippen molar-refractivity contribution in [1.82, 2.24) is 5.32 Å². The van der Waals surface area contributed by atoms with Crippen molar-refractivity contribution in [3.8, 4) is 11.5 Å². The predicted molar refractivity (Wildman–Crippen MR) is 103 cm³/mol. The number of aryl methyl sites for hydroxylation is 1. The van der Waals surface area contributed by atoms with Gasteiger partial charge >= 0.3 is 0 Å². The van der Waals surface area contributed by atoms with Gasteiger partial charge < -0.3 is 19.7 Å². The van der Waals surface area contributed by atoms with Crippen LogP contribution in [-0.4, -0.2) is 32.7 Å². The van der Waals surface area contributed by atoms with Crippen molar-refractivity contribution in [3.63, 3.8) is 0 Å². The summed E-state index contributed by atoms with van der Waals surface area (Å²) in [5, 5.41) is 3.03. The number of halogens is 1. The Kier molecular flexibility index (Phi) is 7.11. The standard InChI is InChI=1S/C18H22N2O3S.ClH/c1-13-3-5-15(24-13)12-20(18(21)7-8-19-2)14-4-6-16-17(11-14)23-10-9-22-16;/h3-6,11,19H,7-10,12H2,1-2H3;1H. The molecule has 0 aliphatic carbocycles. The van der Waals surface area contributed by atoms with Crippen molar-refractivity contribution >= 4 is 35.3 Å². The van der Waals surface area contributed by atoms with Crippen LogP contribution in [0.1, 0.15) is 16.2 Å². The molecule has 1 amide bonds. The van der Waals surface area contributed by atoms with Crippen molar-refractivity contribution in [3.05, 3.63) is 40.1 Å².